The van der Waals surface area contributed by atoms with Gasteiger partial charge in [0.2, 0.25) is 0 Å². The maximum atomic E-state index is 5.42. The zero-order valence-corrected chi connectivity index (χ0v) is 39.6. The fourth-order valence-corrected chi connectivity index (χ4v) is 8.15. The molecule has 2 nitrogen and oxygen atoms in total. The van der Waals surface area contributed by atoms with Crippen LogP contribution in [0.2, 0.25) is 0 Å². The summed E-state index contributed by atoms with van der Waals surface area (Å²) in [5.74, 6) is 0. The van der Waals surface area contributed by atoms with Crippen LogP contribution in [0.3, 0.4) is 0 Å². The van der Waals surface area contributed by atoms with E-state index in [4.69, 9.17) is 9.98 Å². The first kappa shape index (κ1) is 52.5. The van der Waals surface area contributed by atoms with Crippen molar-refractivity contribution in [3.63, 3.8) is 0 Å². The van der Waals surface area contributed by atoms with Crippen LogP contribution in [0.15, 0.2) is 46.4 Å². The van der Waals surface area contributed by atoms with Crippen LogP contribution in [0.25, 0.3) is 0 Å². The van der Waals surface area contributed by atoms with Gasteiger partial charge in [0.1, 0.15) is 0 Å². The van der Waals surface area contributed by atoms with Crippen LogP contribution >= 0.6 is 0 Å². The molecule has 3 heteroatoms. The summed E-state index contributed by atoms with van der Waals surface area (Å²) in [6.45, 7) is 13.8. The third kappa shape index (κ3) is 25.0. The van der Waals surface area contributed by atoms with Gasteiger partial charge in [-0.1, -0.05) is 194 Å². The molecule has 0 saturated carbocycles. The normalized spacial score (nSPS) is 12.0. The first-order valence-corrected chi connectivity index (χ1v) is 24.4. The quantitative estimate of drug-likeness (QED) is 0.0370. The van der Waals surface area contributed by atoms with Gasteiger partial charge in [0.25, 0.3) is 0 Å². The van der Waals surface area contributed by atoms with Crippen molar-refractivity contribution in [1.82, 2.24) is 0 Å². The molecule has 0 aliphatic heterocycles. The molecule has 2 aromatic carbocycles. The molecule has 0 aliphatic carbocycles. The number of hydrogen-bond donors (Lipinski definition) is 0. The zero-order valence-electron chi connectivity index (χ0n) is 38.0. The topological polar surface area (TPSA) is 24.7 Å². The molecule has 0 atom stereocenters. The van der Waals surface area contributed by atoms with Crippen LogP contribution in [0.5, 0.6) is 0 Å². The van der Waals surface area contributed by atoms with Gasteiger partial charge in [0.05, 0.1) is 22.8 Å². The molecule has 0 unspecified atom stereocenters. The third-order valence-corrected chi connectivity index (χ3v) is 11.8. The molecule has 0 fully saturated rings. The van der Waals surface area contributed by atoms with Gasteiger partial charge < -0.3 is 0 Å². The number of benzene rings is 2. The van der Waals surface area contributed by atoms with Crippen molar-refractivity contribution in [3.8, 4) is 0 Å². The SMILES string of the molecule is CCCCCCCCCCCCCCCCCCC(=Nc1ccc(CCCCC)c(CCCCC)c1)C(C)=Nc1ccc(CCCCC)c(CCCCC)c1.[Pd]. The maximum absolute atomic E-state index is 5.42. The Morgan fingerprint density at radius 2 is 0.661 bits per heavy atom. The number of aliphatic imine (C=N–C) groups is 2. The Hall–Kier alpha value is -1.56. The molecule has 0 spiro atoms. The summed E-state index contributed by atoms with van der Waals surface area (Å²) in [6, 6.07) is 14.2. The van der Waals surface area contributed by atoms with E-state index in [0.29, 0.717) is 0 Å². The van der Waals surface area contributed by atoms with Crippen molar-refractivity contribution in [2.24, 2.45) is 9.98 Å². The summed E-state index contributed by atoms with van der Waals surface area (Å²) in [5.41, 5.74) is 10.6. The van der Waals surface area contributed by atoms with Crippen LogP contribution in [-0.4, -0.2) is 11.4 Å². The van der Waals surface area contributed by atoms with Gasteiger partial charge in [-0.15, -0.1) is 0 Å². The van der Waals surface area contributed by atoms with Gasteiger partial charge in [0, 0.05) is 20.4 Å². The van der Waals surface area contributed by atoms with E-state index in [1.807, 2.05) is 0 Å². The van der Waals surface area contributed by atoms with E-state index in [1.165, 1.54) is 228 Å². The Morgan fingerprint density at radius 3 is 1.04 bits per heavy atom. The van der Waals surface area contributed by atoms with Gasteiger partial charge in [-0.05, 0) is 118 Å². The molecule has 0 heterocycles. The molecule has 0 bridgehead atoms. The number of unbranched alkanes of at least 4 members (excludes halogenated alkanes) is 23. The summed E-state index contributed by atoms with van der Waals surface area (Å²) in [5, 5.41) is 0. The molecule has 0 aliphatic rings. The van der Waals surface area contributed by atoms with Crippen LogP contribution in [0, 0.1) is 0 Å². The summed E-state index contributed by atoms with van der Waals surface area (Å²) in [4.78, 5) is 10.7. The summed E-state index contributed by atoms with van der Waals surface area (Å²) < 4.78 is 0. The molecule has 0 saturated heterocycles. The first-order chi connectivity index (χ1) is 27.1. The van der Waals surface area contributed by atoms with Gasteiger partial charge in [-0.25, -0.2) is 0 Å². The molecule has 0 radical (unpaired) electrons. The minimum Gasteiger partial charge on any atom is -0.252 e. The molecule has 0 aromatic heterocycles. The summed E-state index contributed by atoms with van der Waals surface area (Å²) >= 11 is 0. The minimum absolute atomic E-state index is 0. The van der Waals surface area contributed by atoms with E-state index < -0.39 is 0 Å². The zero-order chi connectivity index (χ0) is 39.6. The van der Waals surface area contributed by atoms with Crippen molar-refractivity contribution < 1.29 is 20.4 Å². The van der Waals surface area contributed by atoms with Gasteiger partial charge in [-0.2, -0.15) is 0 Å². The number of nitrogens with zero attached hydrogens (tertiary/aromatic N) is 2. The molecular formula is C53H90N2Pd. The smallest absolute Gasteiger partial charge is 0.0636 e. The monoisotopic (exact) mass is 861 g/mol. The van der Waals surface area contributed by atoms with Crippen LogP contribution < -0.4 is 0 Å². The molecule has 2 aromatic rings. The van der Waals surface area contributed by atoms with E-state index in [-0.39, 0.29) is 20.4 Å². The summed E-state index contributed by atoms with van der Waals surface area (Å²) in [7, 11) is 0. The number of rotatable bonds is 36. The second-order valence-electron chi connectivity index (χ2n) is 17.0. The van der Waals surface area contributed by atoms with Gasteiger partial charge in [-0.3, -0.25) is 9.98 Å². The first-order valence-electron chi connectivity index (χ1n) is 24.4. The average Bonchev–Trinajstić information content (AvgIpc) is 3.19. The number of hydrogen-bond acceptors (Lipinski definition) is 2. The summed E-state index contributed by atoms with van der Waals surface area (Å²) in [6.07, 6.45) is 43.5. The van der Waals surface area contributed by atoms with E-state index >= 15 is 0 Å². The Labute approximate surface area is 363 Å². The van der Waals surface area contributed by atoms with Gasteiger partial charge >= 0.3 is 0 Å². The second kappa shape index (κ2) is 36.5. The fraction of sp³-hybridized carbons (Fsp3) is 0.736. The van der Waals surface area contributed by atoms with Crippen LogP contribution in [-0.2, 0) is 46.1 Å². The Balaban J connectivity index is 0.0000157. The van der Waals surface area contributed by atoms with E-state index in [2.05, 4.69) is 77.9 Å². The Bertz CT molecular complexity index is 1280. The predicted molar refractivity (Wildman–Crippen MR) is 250 cm³/mol. The molecule has 56 heavy (non-hydrogen) atoms. The predicted octanol–water partition coefficient (Wildman–Crippen LogP) is 18.1. The third-order valence-electron chi connectivity index (χ3n) is 11.8. The standard InChI is InChI=1S/C53H90N2.Pd/c1-7-12-17-18-19-20-21-22-23-24-25-26-27-28-29-34-39-53(55-52-43-41-48(36-31-14-9-3)50(45-52)38-33-16-11-5)46(6)54-51-42-40-47(35-30-13-8-2)49(44-51)37-32-15-10-4;/h40-45H,7-39H2,1-6H3;. The van der Waals surface area contributed by atoms with Crippen molar-refractivity contribution >= 4 is 22.8 Å². The van der Waals surface area contributed by atoms with Gasteiger partial charge in [0.15, 0.2) is 0 Å². The van der Waals surface area contributed by atoms with Crippen molar-refractivity contribution in [2.45, 2.75) is 253 Å². The molecule has 0 N–H and O–H groups in total. The van der Waals surface area contributed by atoms with Crippen LogP contribution in [0.1, 0.15) is 250 Å². The van der Waals surface area contributed by atoms with E-state index in [0.717, 1.165) is 23.5 Å². The second-order valence-corrected chi connectivity index (χ2v) is 17.0. The molecule has 0 amide bonds. The maximum Gasteiger partial charge on any atom is 0.0636 e. The Kier molecular flexibility index (Phi) is 34.2. The van der Waals surface area contributed by atoms with E-state index in [9.17, 15) is 0 Å². The largest absolute Gasteiger partial charge is 0.252 e. The number of aryl methyl sites for hydroxylation is 4. The van der Waals surface area contributed by atoms with Crippen molar-refractivity contribution in [2.75, 3.05) is 0 Å². The average molecular weight is 862 g/mol. The van der Waals surface area contributed by atoms with E-state index in [1.54, 1.807) is 5.56 Å². The minimum atomic E-state index is 0. The molecular weight excluding hydrogens is 771 g/mol. The van der Waals surface area contributed by atoms with Crippen molar-refractivity contribution in [1.29, 1.82) is 0 Å². The molecule has 2 rings (SSSR count). The fourth-order valence-electron chi connectivity index (χ4n) is 8.15. The van der Waals surface area contributed by atoms with Crippen molar-refractivity contribution in [3.05, 3.63) is 58.7 Å². The molecule has 322 valence electrons. The Morgan fingerprint density at radius 1 is 0.357 bits per heavy atom. The van der Waals surface area contributed by atoms with Crippen LogP contribution in [0.4, 0.5) is 11.4 Å².